The van der Waals surface area contributed by atoms with Crippen LogP contribution in [-0.4, -0.2) is 44.6 Å². The second-order valence-electron chi connectivity index (χ2n) is 7.52. The molecule has 0 radical (unpaired) electrons. The van der Waals surface area contributed by atoms with Crippen molar-refractivity contribution in [1.82, 2.24) is 10.7 Å². The van der Waals surface area contributed by atoms with Crippen LogP contribution >= 0.6 is 15.9 Å². The number of rotatable bonds is 9. The molecule has 34 heavy (non-hydrogen) atoms. The number of benzene rings is 2. The lowest BCUT2D eigenvalue weighted by molar-refractivity contribution is -0.123. The van der Waals surface area contributed by atoms with E-state index in [1.165, 1.54) is 13.3 Å². The lowest BCUT2D eigenvalue weighted by atomic mass is 10.0. The van der Waals surface area contributed by atoms with Gasteiger partial charge in [0.25, 0.3) is 11.8 Å². The lowest BCUT2D eigenvalue weighted by Gasteiger charge is -2.20. The molecule has 1 aliphatic rings. The molecule has 0 saturated carbocycles. The summed E-state index contributed by atoms with van der Waals surface area (Å²) in [6.45, 7) is 3.85. The average molecular weight is 530 g/mol. The summed E-state index contributed by atoms with van der Waals surface area (Å²) in [7, 11) is 1.50. The van der Waals surface area contributed by atoms with E-state index in [9.17, 15) is 9.59 Å². The van der Waals surface area contributed by atoms with Crippen molar-refractivity contribution in [3.05, 3.63) is 45.9 Å². The van der Waals surface area contributed by atoms with E-state index in [0.29, 0.717) is 38.6 Å². The molecule has 0 spiro atoms. The monoisotopic (exact) mass is 529 g/mol. The van der Waals surface area contributed by atoms with Gasteiger partial charge >= 0.3 is 0 Å². The van der Waals surface area contributed by atoms with Gasteiger partial charge in [-0.2, -0.15) is 5.10 Å². The molecule has 1 unspecified atom stereocenters. The number of amides is 2. The molecule has 3 rings (SSSR count). The van der Waals surface area contributed by atoms with Crippen LogP contribution in [0, 0.1) is 18.3 Å². The second kappa shape index (κ2) is 11.4. The number of hydrogen-bond acceptors (Lipinski definition) is 7. The lowest BCUT2D eigenvalue weighted by Crippen LogP contribution is -2.48. The van der Waals surface area contributed by atoms with E-state index in [4.69, 9.17) is 25.4 Å². The summed E-state index contributed by atoms with van der Waals surface area (Å²) in [6.07, 6.45) is 6.69. The Kier molecular flexibility index (Phi) is 8.38. The van der Waals surface area contributed by atoms with Crippen LogP contribution in [0.4, 0.5) is 0 Å². The summed E-state index contributed by atoms with van der Waals surface area (Å²) >= 11 is 3.41. The van der Waals surface area contributed by atoms with Gasteiger partial charge in [0.1, 0.15) is 12.6 Å². The third-order valence-electron chi connectivity index (χ3n) is 4.81. The summed E-state index contributed by atoms with van der Waals surface area (Å²) in [5.41, 5.74) is 3.47. The molecule has 0 saturated heterocycles. The summed E-state index contributed by atoms with van der Waals surface area (Å²) < 4.78 is 22.0. The summed E-state index contributed by atoms with van der Waals surface area (Å²) in [6, 6.07) is 7.46. The van der Waals surface area contributed by atoms with Crippen LogP contribution in [0.15, 0.2) is 39.9 Å². The topological polar surface area (TPSA) is 107 Å². The van der Waals surface area contributed by atoms with E-state index in [1.54, 1.807) is 30.3 Å². The molecule has 0 aliphatic carbocycles. The highest BCUT2D eigenvalue weighted by molar-refractivity contribution is 9.10. The zero-order valence-electron chi connectivity index (χ0n) is 18.9. The number of nitrogens with one attached hydrogen (secondary N) is 2. The average Bonchev–Trinajstić information content (AvgIpc) is 3.29. The Morgan fingerprint density at radius 2 is 2.03 bits per heavy atom. The summed E-state index contributed by atoms with van der Waals surface area (Å²) in [5.74, 6) is 3.32. The molecule has 2 N–H and O–H groups in total. The first-order valence-electron chi connectivity index (χ1n) is 10.3. The minimum absolute atomic E-state index is 0.0903. The molecular formula is C24H24BrN3O6. The molecule has 10 heteroatoms. The SMILES string of the molecule is C#CCOc1c(Br)cc(C=NNC(=O)C(NC(=O)c2ccc3c(c2)OCO3)C(C)C)cc1OC. The molecule has 2 aromatic rings. The Labute approximate surface area is 205 Å². The van der Waals surface area contributed by atoms with E-state index >= 15 is 0 Å². The van der Waals surface area contributed by atoms with Crippen molar-refractivity contribution in [3.8, 4) is 35.3 Å². The van der Waals surface area contributed by atoms with Gasteiger partial charge in [0.15, 0.2) is 23.0 Å². The highest BCUT2D eigenvalue weighted by Gasteiger charge is 2.25. The van der Waals surface area contributed by atoms with Gasteiger partial charge < -0.3 is 24.3 Å². The maximum absolute atomic E-state index is 12.7. The van der Waals surface area contributed by atoms with E-state index in [1.807, 2.05) is 13.8 Å². The predicted molar refractivity (Wildman–Crippen MR) is 129 cm³/mol. The van der Waals surface area contributed by atoms with Crippen molar-refractivity contribution >= 4 is 34.0 Å². The van der Waals surface area contributed by atoms with Crippen LogP contribution < -0.4 is 29.7 Å². The number of terminal acetylenes is 1. The van der Waals surface area contributed by atoms with Crippen LogP contribution in [0.25, 0.3) is 0 Å². The quantitative estimate of drug-likeness (QED) is 0.293. The first-order valence-corrected chi connectivity index (χ1v) is 11.1. The molecule has 2 amide bonds. The van der Waals surface area contributed by atoms with Crippen molar-refractivity contribution in [3.63, 3.8) is 0 Å². The number of hydrazone groups is 1. The third kappa shape index (κ3) is 5.99. The molecule has 178 valence electrons. The van der Waals surface area contributed by atoms with Crippen molar-refractivity contribution in [2.75, 3.05) is 20.5 Å². The van der Waals surface area contributed by atoms with Gasteiger partial charge in [0.05, 0.1) is 17.8 Å². The number of carbonyl (C=O) groups is 2. The molecular weight excluding hydrogens is 506 g/mol. The van der Waals surface area contributed by atoms with Crippen molar-refractivity contribution < 1.29 is 28.5 Å². The first kappa shape index (κ1) is 24.9. The van der Waals surface area contributed by atoms with Crippen molar-refractivity contribution in [1.29, 1.82) is 0 Å². The maximum atomic E-state index is 12.7. The fourth-order valence-electron chi connectivity index (χ4n) is 3.11. The standard InChI is InChI=1S/C24H24BrN3O6/c1-5-8-32-22-17(25)9-15(10-20(22)31-4)12-26-28-24(30)21(14(2)3)27-23(29)16-6-7-18-19(11-16)34-13-33-18/h1,6-7,9-12,14,21H,8,13H2,2-4H3,(H,27,29)(H,28,30). The van der Waals surface area contributed by atoms with Gasteiger partial charge in [-0.1, -0.05) is 19.8 Å². The Morgan fingerprint density at radius 3 is 2.74 bits per heavy atom. The van der Waals surface area contributed by atoms with E-state index in [-0.39, 0.29) is 19.3 Å². The van der Waals surface area contributed by atoms with Crippen LogP contribution in [-0.2, 0) is 4.79 Å². The Balaban J connectivity index is 1.66. The normalized spacial score (nSPS) is 12.8. The minimum atomic E-state index is -0.809. The highest BCUT2D eigenvalue weighted by Crippen LogP contribution is 2.36. The fraction of sp³-hybridized carbons (Fsp3) is 0.292. The van der Waals surface area contributed by atoms with Crippen LogP contribution in [0.3, 0.4) is 0 Å². The molecule has 1 aliphatic heterocycles. The van der Waals surface area contributed by atoms with Gasteiger partial charge in [0, 0.05) is 5.56 Å². The Morgan fingerprint density at radius 1 is 1.26 bits per heavy atom. The Hall–Kier alpha value is -3.71. The van der Waals surface area contributed by atoms with Gasteiger partial charge in [-0.15, -0.1) is 6.42 Å². The number of halogens is 1. The smallest absolute Gasteiger partial charge is 0.262 e. The fourth-order valence-corrected chi connectivity index (χ4v) is 3.68. The molecule has 1 atom stereocenters. The number of nitrogens with zero attached hydrogens (tertiary/aromatic N) is 1. The van der Waals surface area contributed by atoms with Crippen molar-refractivity contribution in [2.45, 2.75) is 19.9 Å². The summed E-state index contributed by atoms with van der Waals surface area (Å²) in [4.78, 5) is 25.4. The van der Waals surface area contributed by atoms with Gasteiger partial charge in [-0.3, -0.25) is 9.59 Å². The number of carbonyl (C=O) groups excluding carboxylic acids is 2. The van der Waals surface area contributed by atoms with Gasteiger partial charge in [-0.05, 0) is 57.7 Å². The number of ether oxygens (including phenoxy) is 4. The summed E-state index contributed by atoms with van der Waals surface area (Å²) in [5, 5.41) is 6.76. The zero-order valence-corrected chi connectivity index (χ0v) is 20.5. The molecule has 1 heterocycles. The molecule has 0 aromatic heterocycles. The largest absolute Gasteiger partial charge is 0.493 e. The molecule has 2 aromatic carbocycles. The number of hydrogen-bond donors (Lipinski definition) is 2. The highest BCUT2D eigenvalue weighted by atomic mass is 79.9. The van der Waals surface area contributed by atoms with E-state index in [0.717, 1.165) is 0 Å². The predicted octanol–water partition coefficient (Wildman–Crippen LogP) is 3.10. The van der Waals surface area contributed by atoms with Crippen LogP contribution in [0.2, 0.25) is 0 Å². The van der Waals surface area contributed by atoms with Crippen LogP contribution in [0.1, 0.15) is 29.8 Å². The number of methoxy groups -OCH3 is 1. The second-order valence-corrected chi connectivity index (χ2v) is 8.38. The van der Waals surface area contributed by atoms with Crippen LogP contribution in [0.5, 0.6) is 23.0 Å². The van der Waals surface area contributed by atoms with E-state index < -0.39 is 17.9 Å². The van der Waals surface area contributed by atoms with Gasteiger partial charge in [0.2, 0.25) is 6.79 Å². The number of fused-ring (bicyclic) bond motifs is 1. The molecule has 9 nitrogen and oxygen atoms in total. The molecule has 0 bridgehead atoms. The molecule has 0 fully saturated rings. The minimum Gasteiger partial charge on any atom is -0.493 e. The van der Waals surface area contributed by atoms with E-state index in [2.05, 4.69) is 37.7 Å². The van der Waals surface area contributed by atoms with Gasteiger partial charge in [-0.25, -0.2) is 5.43 Å². The Bertz CT molecular complexity index is 1140. The first-order chi connectivity index (χ1) is 16.3. The maximum Gasteiger partial charge on any atom is 0.262 e. The third-order valence-corrected chi connectivity index (χ3v) is 5.40. The van der Waals surface area contributed by atoms with Crippen molar-refractivity contribution in [2.24, 2.45) is 11.0 Å². The zero-order chi connectivity index (χ0) is 24.7.